The fraction of sp³-hybridized carbons (Fsp3) is 0.611. The van der Waals surface area contributed by atoms with Crippen LogP contribution in [0.3, 0.4) is 0 Å². The minimum absolute atomic E-state index is 0.0380. The molecule has 2 aliphatic rings. The van der Waals surface area contributed by atoms with Gasteiger partial charge in [0.05, 0.1) is 0 Å². The van der Waals surface area contributed by atoms with Crippen molar-refractivity contribution < 1.29 is 9.18 Å². The molecule has 2 atom stereocenters. The van der Waals surface area contributed by atoms with Gasteiger partial charge in [0, 0.05) is 18.6 Å². The van der Waals surface area contributed by atoms with E-state index in [1.807, 2.05) is 0 Å². The fourth-order valence-corrected chi connectivity index (χ4v) is 3.66. The maximum absolute atomic E-state index is 13.1. The summed E-state index contributed by atoms with van der Waals surface area (Å²) in [7, 11) is 0. The van der Waals surface area contributed by atoms with Gasteiger partial charge in [-0.2, -0.15) is 0 Å². The molecule has 3 N–H and O–H groups in total. The summed E-state index contributed by atoms with van der Waals surface area (Å²) in [5, 5.41) is 3.36. The molecule has 2 aliphatic heterocycles. The summed E-state index contributed by atoms with van der Waals surface area (Å²) >= 11 is 0. The van der Waals surface area contributed by atoms with Crippen LogP contribution in [-0.2, 0) is 4.79 Å². The van der Waals surface area contributed by atoms with E-state index in [1.54, 1.807) is 12.1 Å². The zero-order chi connectivity index (χ0) is 16.9. The van der Waals surface area contributed by atoms with E-state index >= 15 is 0 Å². The topological polar surface area (TPSA) is 56.4 Å². The number of rotatable bonds is 5. The predicted molar refractivity (Wildman–Crippen MR) is 91.7 cm³/mol. The van der Waals surface area contributed by atoms with Crippen molar-refractivity contribution in [1.29, 1.82) is 0 Å². The van der Waals surface area contributed by atoms with Crippen molar-refractivity contribution in [2.24, 2.45) is 0 Å². The molecule has 2 saturated heterocycles. The first kappa shape index (κ1) is 17.3. The van der Waals surface area contributed by atoms with Gasteiger partial charge in [-0.25, -0.2) is 15.2 Å². The zero-order valence-electron chi connectivity index (χ0n) is 14.2. The number of nitrogens with one attached hydrogen (secondary N) is 3. The second kappa shape index (κ2) is 8.05. The number of carbonyl (C=O) groups is 1. The van der Waals surface area contributed by atoms with E-state index in [2.05, 4.69) is 28.0 Å². The molecule has 0 aromatic heterocycles. The lowest BCUT2D eigenvalue weighted by molar-refractivity contribution is -0.136. The average Bonchev–Trinajstić information content (AvgIpc) is 3.10. The number of benzene rings is 1. The maximum atomic E-state index is 13.1. The van der Waals surface area contributed by atoms with E-state index in [9.17, 15) is 9.18 Å². The van der Waals surface area contributed by atoms with Gasteiger partial charge < -0.3 is 10.2 Å². The molecule has 1 aromatic carbocycles. The Bertz CT molecular complexity index is 544. The number of hydrogen-bond donors (Lipinski definition) is 3. The van der Waals surface area contributed by atoms with Crippen LogP contribution in [0.4, 0.5) is 4.39 Å². The van der Waals surface area contributed by atoms with Crippen molar-refractivity contribution >= 4 is 5.91 Å². The van der Waals surface area contributed by atoms with E-state index in [-0.39, 0.29) is 23.8 Å². The molecule has 2 fully saturated rings. The van der Waals surface area contributed by atoms with Crippen LogP contribution in [0.2, 0.25) is 0 Å². The smallest absolute Gasteiger partial charge is 0.241 e. The van der Waals surface area contributed by atoms with E-state index in [4.69, 9.17) is 0 Å². The minimum Gasteiger partial charge on any atom is -0.338 e. The van der Waals surface area contributed by atoms with Crippen molar-refractivity contribution in [3.05, 3.63) is 35.6 Å². The van der Waals surface area contributed by atoms with Crippen LogP contribution in [0.15, 0.2) is 24.3 Å². The van der Waals surface area contributed by atoms with Gasteiger partial charge in [0.15, 0.2) is 0 Å². The van der Waals surface area contributed by atoms with Gasteiger partial charge in [-0.3, -0.25) is 4.79 Å². The lowest BCUT2D eigenvalue weighted by Gasteiger charge is -2.36. The molecule has 5 nitrogen and oxygen atoms in total. The van der Waals surface area contributed by atoms with Crippen LogP contribution in [0, 0.1) is 5.82 Å². The first-order valence-electron chi connectivity index (χ1n) is 8.96. The van der Waals surface area contributed by atoms with Crippen LogP contribution in [0.5, 0.6) is 0 Å². The molecule has 132 valence electrons. The molecule has 1 aromatic rings. The van der Waals surface area contributed by atoms with E-state index in [1.165, 1.54) is 12.1 Å². The summed E-state index contributed by atoms with van der Waals surface area (Å²) in [6, 6.07) is 6.63. The summed E-state index contributed by atoms with van der Waals surface area (Å²) in [5.74, 6) is -0.0572. The third-order valence-electron chi connectivity index (χ3n) is 4.97. The molecule has 3 rings (SSSR count). The molecule has 0 spiro atoms. The highest BCUT2D eigenvalue weighted by atomic mass is 19.1. The molecule has 6 heteroatoms. The Hall–Kier alpha value is -1.50. The Labute approximate surface area is 143 Å². The predicted octanol–water partition coefficient (Wildman–Crippen LogP) is 1.72. The summed E-state index contributed by atoms with van der Waals surface area (Å²) in [6.07, 6.45) is 3.70. The van der Waals surface area contributed by atoms with Crippen molar-refractivity contribution in [1.82, 2.24) is 21.1 Å². The van der Waals surface area contributed by atoms with Gasteiger partial charge in [-0.1, -0.05) is 19.1 Å². The highest BCUT2D eigenvalue weighted by molar-refractivity contribution is 5.82. The van der Waals surface area contributed by atoms with Crippen LogP contribution < -0.4 is 16.2 Å². The van der Waals surface area contributed by atoms with Crippen molar-refractivity contribution in [2.45, 2.75) is 50.7 Å². The highest BCUT2D eigenvalue weighted by Gasteiger charge is 2.35. The molecular formula is C18H27FN4O. The Morgan fingerprint density at radius 2 is 1.92 bits per heavy atom. The third-order valence-corrected chi connectivity index (χ3v) is 4.97. The van der Waals surface area contributed by atoms with Gasteiger partial charge in [-0.15, -0.1) is 0 Å². The van der Waals surface area contributed by atoms with Gasteiger partial charge in [0.1, 0.15) is 11.9 Å². The molecule has 0 bridgehead atoms. The SMILES string of the molecule is CCCN(C(=O)C1CC(c2ccc(F)cc2)NN1)C1CCNCC1. The van der Waals surface area contributed by atoms with Crippen molar-refractivity contribution in [3.8, 4) is 0 Å². The Kier molecular flexibility index (Phi) is 5.81. The van der Waals surface area contributed by atoms with Gasteiger partial charge in [0.25, 0.3) is 0 Å². The van der Waals surface area contributed by atoms with Crippen LogP contribution >= 0.6 is 0 Å². The first-order chi connectivity index (χ1) is 11.7. The number of halogens is 1. The van der Waals surface area contributed by atoms with E-state index in [0.29, 0.717) is 12.5 Å². The molecule has 0 radical (unpaired) electrons. The van der Waals surface area contributed by atoms with Gasteiger partial charge in [-0.05, 0) is 56.5 Å². The lowest BCUT2D eigenvalue weighted by atomic mass is 9.99. The Balaban J connectivity index is 1.64. The Morgan fingerprint density at radius 1 is 1.21 bits per heavy atom. The highest BCUT2D eigenvalue weighted by Crippen LogP contribution is 2.24. The van der Waals surface area contributed by atoms with Gasteiger partial charge in [0.2, 0.25) is 5.91 Å². The summed E-state index contributed by atoms with van der Waals surface area (Å²) in [4.78, 5) is 15.1. The second-order valence-electron chi connectivity index (χ2n) is 6.69. The molecule has 2 heterocycles. The van der Waals surface area contributed by atoms with Gasteiger partial charge >= 0.3 is 0 Å². The van der Waals surface area contributed by atoms with Crippen molar-refractivity contribution in [2.75, 3.05) is 19.6 Å². The molecule has 0 saturated carbocycles. The van der Waals surface area contributed by atoms with E-state index in [0.717, 1.165) is 44.5 Å². The number of hydrazine groups is 1. The minimum atomic E-state index is -0.239. The summed E-state index contributed by atoms with van der Waals surface area (Å²) < 4.78 is 13.1. The molecule has 1 amide bonds. The second-order valence-corrected chi connectivity index (χ2v) is 6.69. The molecule has 0 aliphatic carbocycles. The largest absolute Gasteiger partial charge is 0.338 e. The Morgan fingerprint density at radius 3 is 2.58 bits per heavy atom. The lowest BCUT2D eigenvalue weighted by Crippen LogP contribution is -2.52. The van der Waals surface area contributed by atoms with Crippen LogP contribution in [0.25, 0.3) is 0 Å². The molecule has 24 heavy (non-hydrogen) atoms. The van der Waals surface area contributed by atoms with E-state index < -0.39 is 0 Å². The normalized spacial score (nSPS) is 24.9. The standard InChI is InChI=1S/C18H27FN4O/c1-2-11-23(15-7-9-20-10-8-15)18(24)17-12-16(21-22-17)13-3-5-14(19)6-4-13/h3-6,15-17,20-22H,2,7-12H2,1H3. The number of piperidine rings is 1. The number of nitrogens with zero attached hydrogens (tertiary/aromatic N) is 1. The summed E-state index contributed by atoms with van der Waals surface area (Å²) in [5.41, 5.74) is 7.34. The first-order valence-corrected chi connectivity index (χ1v) is 8.96. The maximum Gasteiger partial charge on any atom is 0.241 e. The average molecular weight is 334 g/mol. The zero-order valence-corrected chi connectivity index (χ0v) is 14.2. The summed E-state index contributed by atoms with van der Waals surface area (Å²) in [6.45, 7) is 4.88. The molecular weight excluding hydrogens is 307 g/mol. The number of hydrogen-bond acceptors (Lipinski definition) is 4. The fourth-order valence-electron chi connectivity index (χ4n) is 3.66. The number of amides is 1. The third kappa shape index (κ3) is 3.94. The monoisotopic (exact) mass is 334 g/mol. The molecule has 2 unspecified atom stereocenters. The van der Waals surface area contributed by atoms with Crippen LogP contribution in [-0.4, -0.2) is 42.5 Å². The number of carbonyl (C=O) groups excluding carboxylic acids is 1. The quantitative estimate of drug-likeness (QED) is 0.768. The van der Waals surface area contributed by atoms with Crippen molar-refractivity contribution in [3.63, 3.8) is 0 Å². The van der Waals surface area contributed by atoms with Crippen LogP contribution in [0.1, 0.15) is 44.2 Å².